The molecular weight excluding hydrogens is 282 g/mol. The van der Waals surface area contributed by atoms with Crippen molar-refractivity contribution in [3.63, 3.8) is 0 Å². The molecule has 0 unspecified atom stereocenters. The third kappa shape index (κ3) is 6.69. The lowest BCUT2D eigenvalue weighted by molar-refractivity contribution is -0.141. The largest absolute Gasteiger partial charge is 0.480 e. The molecule has 22 heavy (non-hydrogen) atoms. The van der Waals surface area contributed by atoms with E-state index >= 15 is 0 Å². The lowest BCUT2D eigenvalue weighted by Gasteiger charge is -2.13. The Bertz CT molecular complexity index is 474. The van der Waals surface area contributed by atoms with Gasteiger partial charge in [0.15, 0.2) is 0 Å². The number of unbranched alkanes of at least 4 members (excludes halogenated alkanes) is 1. The molecule has 6 nitrogen and oxygen atoms in total. The quantitative estimate of drug-likeness (QED) is 0.522. The van der Waals surface area contributed by atoms with Crippen LogP contribution in [0.25, 0.3) is 0 Å². The molecule has 0 fully saturated rings. The number of hydrogen-bond acceptors (Lipinski definition) is 4. The van der Waals surface area contributed by atoms with Crippen LogP contribution in [0.4, 0.5) is 5.69 Å². The highest BCUT2D eigenvalue weighted by molar-refractivity contribution is 5.94. The Hall–Kier alpha value is -1.92. The number of nitrogens with one attached hydrogen (secondary N) is 2. The minimum atomic E-state index is -1.06. The van der Waals surface area contributed by atoms with Crippen molar-refractivity contribution in [1.29, 1.82) is 0 Å². The van der Waals surface area contributed by atoms with E-state index in [1.54, 1.807) is 0 Å². The summed E-state index contributed by atoms with van der Waals surface area (Å²) >= 11 is 0. The summed E-state index contributed by atoms with van der Waals surface area (Å²) in [5, 5.41) is 14.5. The summed E-state index contributed by atoms with van der Waals surface area (Å²) in [7, 11) is 0. The number of carbonyl (C=O) groups is 2. The molecule has 122 valence electrons. The Labute approximate surface area is 131 Å². The third-order valence-electron chi connectivity index (χ3n) is 3.28. The molecule has 1 amide bonds. The van der Waals surface area contributed by atoms with Gasteiger partial charge in [0, 0.05) is 18.8 Å². The first-order valence-corrected chi connectivity index (χ1v) is 7.61. The second kappa shape index (κ2) is 9.92. The van der Waals surface area contributed by atoms with Gasteiger partial charge in [-0.1, -0.05) is 25.5 Å². The maximum absolute atomic E-state index is 11.9. The van der Waals surface area contributed by atoms with Crippen molar-refractivity contribution >= 4 is 17.6 Å². The zero-order valence-corrected chi connectivity index (χ0v) is 13.0. The van der Waals surface area contributed by atoms with Crippen LogP contribution in [0, 0.1) is 0 Å². The molecule has 0 bridgehead atoms. The van der Waals surface area contributed by atoms with E-state index in [0.717, 1.165) is 19.3 Å². The summed E-state index contributed by atoms with van der Waals surface area (Å²) in [6, 6.07) is 6.71. The fourth-order valence-corrected chi connectivity index (χ4v) is 2.04. The first kappa shape index (κ1) is 18.1. The van der Waals surface area contributed by atoms with Gasteiger partial charge in [-0.2, -0.15) is 0 Å². The molecule has 0 heterocycles. The zero-order chi connectivity index (χ0) is 16.4. The van der Waals surface area contributed by atoms with E-state index in [9.17, 15) is 9.59 Å². The van der Waals surface area contributed by atoms with Crippen LogP contribution in [-0.2, 0) is 16.0 Å². The number of amides is 1. The predicted octanol–water partition coefficient (Wildman–Crippen LogP) is 1.36. The number of hydrogen-bond donors (Lipinski definition) is 4. The highest BCUT2D eigenvalue weighted by atomic mass is 16.4. The molecule has 0 aliphatic rings. The highest BCUT2D eigenvalue weighted by Gasteiger charge is 2.20. The molecule has 6 heteroatoms. The van der Waals surface area contributed by atoms with Crippen LogP contribution in [0.15, 0.2) is 24.3 Å². The fourth-order valence-electron chi connectivity index (χ4n) is 2.04. The second-order valence-electron chi connectivity index (χ2n) is 5.19. The van der Waals surface area contributed by atoms with Crippen molar-refractivity contribution in [3.8, 4) is 0 Å². The molecule has 0 radical (unpaired) electrons. The number of carboxylic acid groups (broad SMARTS) is 1. The van der Waals surface area contributed by atoms with E-state index in [2.05, 4.69) is 17.6 Å². The maximum Gasteiger partial charge on any atom is 0.321 e. The van der Waals surface area contributed by atoms with Crippen molar-refractivity contribution in [2.24, 2.45) is 5.73 Å². The van der Waals surface area contributed by atoms with E-state index < -0.39 is 12.0 Å². The van der Waals surface area contributed by atoms with Gasteiger partial charge in [-0.25, -0.2) is 0 Å². The first-order valence-electron chi connectivity index (χ1n) is 7.61. The van der Waals surface area contributed by atoms with Crippen LogP contribution in [0.5, 0.6) is 0 Å². The van der Waals surface area contributed by atoms with Crippen molar-refractivity contribution in [1.82, 2.24) is 5.32 Å². The molecular formula is C16H25N3O3. The van der Waals surface area contributed by atoms with Crippen LogP contribution in [0.2, 0.25) is 0 Å². The van der Waals surface area contributed by atoms with Gasteiger partial charge >= 0.3 is 5.97 Å². The van der Waals surface area contributed by atoms with Gasteiger partial charge in [0.25, 0.3) is 0 Å². The van der Waals surface area contributed by atoms with Gasteiger partial charge in [-0.15, -0.1) is 0 Å². The van der Waals surface area contributed by atoms with E-state index in [0.29, 0.717) is 18.8 Å². The van der Waals surface area contributed by atoms with E-state index in [-0.39, 0.29) is 12.3 Å². The second-order valence-corrected chi connectivity index (χ2v) is 5.19. The summed E-state index contributed by atoms with van der Waals surface area (Å²) in [6.07, 6.45) is 3.17. The predicted molar refractivity (Wildman–Crippen MR) is 86.8 cm³/mol. The van der Waals surface area contributed by atoms with Gasteiger partial charge in [0.1, 0.15) is 6.04 Å². The number of carboxylic acids is 1. The van der Waals surface area contributed by atoms with Crippen LogP contribution < -0.4 is 16.4 Å². The van der Waals surface area contributed by atoms with Gasteiger partial charge in [0.2, 0.25) is 5.91 Å². The summed E-state index contributed by atoms with van der Waals surface area (Å²) in [6.45, 7) is 2.83. The molecule has 1 aromatic rings. The normalized spacial score (nSPS) is 11.9. The van der Waals surface area contributed by atoms with Gasteiger partial charge < -0.3 is 21.5 Å². The molecule has 5 N–H and O–H groups in total. The SMILES string of the molecule is CCCCc1ccc(NC(=O)C[C@H](NCCN)C(=O)O)cc1. The standard InChI is InChI=1S/C16H25N3O3/c1-2-3-4-12-5-7-13(8-6-12)19-15(20)11-14(16(21)22)18-10-9-17/h5-8,14,18H,2-4,9-11,17H2,1H3,(H,19,20)(H,21,22)/t14-/m0/s1. The molecule has 0 saturated carbocycles. The Kier molecular flexibility index (Phi) is 8.17. The molecule has 1 atom stereocenters. The molecule has 0 aromatic heterocycles. The summed E-state index contributed by atoms with van der Waals surface area (Å²) in [4.78, 5) is 23.0. The van der Waals surface area contributed by atoms with Gasteiger partial charge in [0.05, 0.1) is 6.42 Å². The zero-order valence-electron chi connectivity index (χ0n) is 13.0. The number of benzene rings is 1. The van der Waals surface area contributed by atoms with E-state index in [4.69, 9.17) is 10.8 Å². The average Bonchev–Trinajstić information content (AvgIpc) is 2.50. The van der Waals surface area contributed by atoms with Crippen LogP contribution >= 0.6 is 0 Å². The fraction of sp³-hybridized carbons (Fsp3) is 0.500. The van der Waals surface area contributed by atoms with Crippen molar-refractivity contribution in [3.05, 3.63) is 29.8 Å². The summed E-state index contributed by atoms with van der Waals surface area (Å²) < 4.78 is 0. The molecule has 1 rings (SSSR count). The molecule has 1 aromatic carbocycles. The Morgan fingerprint density at radius 3 is 2.50 bits per heavy atom. The monoisotopic (exact) mass is 307 g/mol. The summed E-state index contributed by atoms with van der Waals surface area (Å²) in [5.41, 5.74) is 7.23. The lowest BCUT2D eigenvalue weighted by Crippen LogP contribution is -2.41. The van der Waals surface area contributed by atoms with Gasteiger partial charge in [-0.05, 0) is 30.5 Å². The topological polar surface area (TPSA) is 104 Å². The van der Waals surface area contributed by atoms with Crippen LogP contribution in [0.1, 0.15) is 31.7 Å². The molecule has 0 saturated heterocycles. The van der Waals surface area contributed by atoms with Crippen molar-refractivity contribution < 1.29 is 14.7 Å². The molecule has 0 aliphatic heterocycles. The Morgan fingerprint density at radius 2 is 1.95 bits per heavy atom. The smallest absolute Gasteiger partial charge is 0.321 e. The Balaban J connectivity index is 2.50. The number of rotatable bonds is 10. The Morgan fingerprint density at radius 1 is 1.27 bits per heavy atom. The van der Waals surface area contributed by atoms with Gasteiger partial charge in [-0.3, -0.25) is 9.59 Å². The van der Waals surface area contributed by atoms with Crippen molar-refractivity contribution in [2.45, 2.75) is 38.6 Å². The maximum atomic E-state index is 11.9. The van der Waals surface area contributed by atoms with Crippen LogP contribution in [-0.4, -0.2) is 36.1 Å². The van der Waals surface area contributed by atoms with Crippen molar-refractivity contribution in [2.75, 3.05) is 18.4 Å². The minimum Gasteiger partial charge on any atom is -0.480 e. The highest BCUT2D eigenvalue weighted by Crippen LogP contribution is 2.12. The number of anilines is 1. The van der Waals surface area contributed by atoms with E-state index in [1.807, 2.05) is 24.3 Å². The number of aliphatic carboxylic acids is 1. The summed E-state index contributed by atoms with van der Waals surface area (Å²) in [5.74, 6) is -1.39. The number of nitrogens with two attached hydrogens (primary N) is 1. The number of carbonyl (C=O) groups excluding carboxylic acids is 1. The first-order chi connectivity index (χ1) is 10.6. The average molecular weight is 307 g/mol. The molecule has 0 aliphatic carbocycles. The van der Waals surface area contributed by atoms with Crippen LogP contribution in [0.3, 0.4) is 0 Å². The minimum absolute atomic E-state index is 0.132. The molecule has 0 spiro atoms. The third-order valence-corrected chi connectivity index (χ3v) is 3.28. The number of aryl methyl sites for hydroxylation is 1. The lowest BCUT2D eigenvalue weighted by atomic mass is 10.1. The van der Waals surface area contributed by atoms with E-state index in [1.165, 1.54) is 5.56 Å².